The van der Waals surface area contributed by atoms with Gasteiger partial charge in [0.1, 0.15) is 0 Å². The molecule has 0 amide bonds. The highest BCUT2D eigenvalue weighted by molar-refractivity contribution is 14.0. The summed E-state index contributed by atoms with van der Waals surface area (Å²) in [6.07, 6.45) is 2.89. The van der Waals surface area contributed by atoms with Crippen LogP contribution < -0.4 is 20.5 Å². The smallest absolute Gasteiger partial charge is 0.188 e. The van der Waals surface area contributed by atoms with Crippen LogP contribution >= 0.6 is 35.7 Å². The summed E-state index contributed by atoms with van der Waals surface area (Å²) in [4.78, 5) is 5.69. The third-order valence-corrected chi connectivity index (χ3v) is 4.85. The lowest BCUT2D eigenvalue weighted by molar-refractivity contribution is 0.354. The minimum atomic E-state index is 0. The number of thioether (sulfide) groups is 1. The van der Waals surface area contributed by atoms with Gasteiger partial charge in [-0.05, 0) is 54.5 Å². The monoisotopic (exact) mass is 501 g/mol. The number of halogens is 1. The zero-order chi connectivity index (χ0) is 18.9. The topological polar surface area (TPSA) is 68.9 Å². The Hall–Kier alpha value is -1.61. The van der Waals surface area contributed by atoms with Gasteiger partial charge in [-0.2, -0.15) is 0 Å². The van der Waals surface area contributed by atoms with Gasteiger partial charge in [0.2, 0.25) is 0 Å². The third kappa shape index (κ3) is 7.14. The van der Waals surface area contributed by atoms with Gasteiger partial charge in [-0.3, -0.25) is 0 Å². The molecule has 3 N–H and O–H groups in total. The van der Waals surface area contributed by atoms with Crippen LogP contribution in [-0.4, -0.2) is 33.0 Å². The van der Waals surface area contributed by atoms with Crippen molar-refractivity contribution in [2.45, 2.75) is 24.8 Å². The number of aliphatic imine (C=N–C) groups is 1. The van der Waals surface area contributed by atoms with E-state index in [-0.39, 0.29) is 24.0 Å². The summed E-state index contributed by atoms with van der Waals surface area (Å²) in [5.41, 5.74) is 9.58. The highest BCUT2D eigenvalue weighted by Gasteiger charge is 2.05. The predicted octanol–water partition coefficient (Wildman–Crippen LogP) is 4.00. The van der Waals surface area contributed by atoms with Gasteiger partial charge in [0.15, 0.2) is 17.5 Å². The van der Waals surface area contributed by atoms with Crippen LogP contribution in [0.15, 0.2) is 46.3 Å². The van der Waals surface area contributed by atoms with Gasteiger partial charge in [-0.15, -0.1) is 35.7 Å². The van der Waals surface area contributed by atoms with E-state index in [0.717, 1.165) is 23.5 Å². The number of benzene rings is 2. The van der Waals surface area contributed by atoms with Gasteiger partial charge in [-0.25, -0.2) is 4.99 Å². The second kappa shape index (κ2) is 12.0. The van der Waals surface area contributed by atoms with Gasteiger partial charge in [0.05, 0.1) is 20.8 Å². The number of nitrogens with two attached hydrogens (primary N) is 1. The lowest BCUT2D eigenvalue weighted by Gasteiger charge is -2.10. The van der Waals surface area contributed by atoms with Gasteiger partial charge in [0.25, 0.3) is 0 Å². The summed E-state index contributed by atoms with van der Waals surface area (Å²) in [5, 5.41) is 3.17. The molecule has 7 heteroatoms. The van der Waals surface area contributed by atoms with Gasteiger partial charge >= 0.3 is 0 Å². The molecule has 2 rings (SSSR count). The molecule has 5 nitrogen and oxygen atoms in total. The molecule has 0 spiro atoms. The maximum Gasteiger partial charge on any atom is 0.188 e. The van der Waals surface area contributed by atoms with Crippen LogP contribution in [-0.2, 0) is 13.0 Å². The molecule has 0 aliphatic carbocycles. The predicted molar refractivity (Wildman–Crippen MR) is 125 cm³/mol. The fourth-order valence-corrected chi connectivity index (χ4v) is 3.28. The zero-order valence-electron chi connectivity index (χ0n) is 16.2. The minimum absolute atomic E-state index is 0. The summed E-state index contributed by atoms with van der Waals surface area (Å²) >= 11 is 1.73. The van der Waals surface area contributed by atoms with E-state index in [0.29, 0.717) is 19.0 Å². The Morgan fingerprint density at radius 2 is 1.85 bits per heavy atom. The Morgan fingerprint density at radius 1 is 1.11 bits per heavy atom. The van der Waals surface area contributed by atoms with Gasteiger partial charge in [-0.1, -0.05) is 18.2 Å². The number of nitrogens with zero attached hydrogens (tertiary/aromatic N) is 1. The summed E-state index contributed by atoms with van der Waals surface area (Å²) in [6.45, 7) is 3.37. The number of ether oxygens (including phenoxy) is 2. The summed E-state index contributed by atoms with van der Waals surface area (Å²) in [5.74, 6) is 1.92. The molecule has 0 aliphatic rings. The van der Waals surface area contributed by atoms with Crippen LogP contribution in [0.1, 0.15) is 16.7 Å². The first-order valence-corrected chi connectivity index (χ1v) is 9.68. The number of nitrogens with one attached hydrogen (secondary N) is 1. The molecule has 0 fully saturated rings. The number of hydrogen-bond acceptors (Lipinski definition) is 4. The van der Waals surface area contributed by atoms with E-state index in [9.17, 15) is 0 Å². The number of methoxy groups -OCH3 is 2. The highest BCUT2D eigenvalue weighted by Crippen LogP contribution is 2.27. The second-order valence-electron chi connectivity index (χ2n) is 5.88. The van der Waals surface area contributed by atoms with E-state index in [4.69, 9.17) is 15.2 Å². The summed E-state index contributed by atoms with van der Waals surface area (Å²) in [7, 11) is 3.27. The SMILES string of the molecule is COc1ccc(CCNC(N)=NCc2ccc(C)cc2SC)cc1OC.I. The standard InChI is InChI=1S/C20H27N3O2S.HI/c1-14-5-7-16(19(11-14)26-4)13-23-20(21)22-10-9-15-6-8-17(24-2)18(12-15)25-3;/h5-8,11-12H,9-10,13H2,1-4H3,(H3,21,22,23);1H. The Labute approximate surface area is 183 Å². The zero-order valence-corrected chi connectivity index (χ0v) is 19.4. The molecule has 2 aromatic rings. The Morgan fingerprint density at radius 3 is 2.52 bits per heavy atom. The molecule has 0 heterocycles. The van der Waals surface area contributed by atoms with Crippen molar-refractivity contribution in [3.8, 4) is 11.5 Å². The lowest BCUT2D eigenvalue weighted by Crippen LogP contribution is -2.33. The fraction of sp³-hybridized carbons (Fsp3) is 0.350. The van der Waals surface area contributed by atoms with E-state index in [1.54, 1.807) is 26.0 Å². The van der Waals surface area contributed by atoms with Crippen molar-refractivity contribution in [2.24, 2.45) is 10.7 Å². The van der Waals surface area contributed by atoms with Crippen LogP contribution in [0.25, 0.3) is 0 Å². The summed E-state index contributed by atoms with van der Waals surface area (Å²) in [6, 6.07) is 12.3. The largest absolute Gasteiger partial charge is 0.493 e. The van der Waals surface area contributed by atoms with Crippen molar-refractivity contribution < 1.29 is 9.47 Å². The van der Waals surface area contributed by atoms with E-state index < -0.39 is 0 Å². The van der Waals surface area contributed by atoms with Crippen LogP contribution in [0.4, 0.5) is 0 Å². The van der Waals surface area contributed by atoms with Crippen LogP contribution in [0.3, 0.4) is 0 Å². The van der Waals surface area contributed by atoms with Gasteiger partial charge < -0.3 is 20.5 Å². The first-order valence-electron chi connectivity index (χ1n) is 8.45. The molecule has 0 aromatic heterocycles. The highest BCUT2D eigenvalue weighted by atomic mass is 127. The first kappa shape index (κ1) is 23.4. The van der Waals surface area contributed by atoms with E-state index >= 15 is 0 Å². The van der Waals surface area contributed by atoms with Crippen molar-refractivity contribution in [1.82, 2.24) is 5.32 Å². The second-order valence-corrected chi connectivity index (χ2v) is 6.73. The molecule has 0 aliphatic heterocycles. The maximum atomic E-state index is 6.00. The van der Waals surface area contributed by atoms with E-state index in [1.807, 2.05) is 18.2 Å². The third-order valence-electron chi connectivity index (χ3n) is 4.03. The maximum absolute atomic E-state index is 6.00. The van der Waals surface area contributed by atoms with Crippen molar-refractivity contribution >= 4 is 41.7 Å². The van der Waals surface area contributed by atoms with Crippen molar-refractivity contribution in [2.75, 3.05) is 27.0 Å². The number of rotatable bonds is 8. The average Bonchev–Trinajstić information content (AvgIpc) is 2.66. The Kier molecular flexibility index (Phi) is 10.4. The number of hydrogen-bond donors (Lipinski definition) is 2. The molecule has 27 heavy (non-hydrogen) atoms. The van der Waals surface area contributed by atoms with E-state index in [2.05, 4.69) is 41.7 Å². The Balaban J connectivity index is 0.00000364. The Bertz CT molecular complexity index is 769. The van der Waals surface area contributed by atoms with Gasteiger partial charge in [0, 0.05) is 11.4 Å². The number of aryl methyl sites for hydroxylation is 1. The minimum Gasteiger partial charge on any atom is -0.493 e. The van der Waals surface area contributed by atoms with Crippen LogP contribution in [0.2, 0.25) is 0 Å². The molecule has 148 valence electrons. The average molecular weight is 501 g/mol. The molecule has 0 unspecified atom stereocenters. The molecule has 0 atom stereocenters. The van der Waals surface area contributed by atoms with Crippen molar-refractivity contribution in [3.05, 3.63) is 53.1 Å². The molecular weight excluding hydrogens is 473 g/mol. The molecular formula is C20H28IN3O2S. The first-order chi connectivity index (χ1) is 12.6. The fourth-order valence-electron chi connectivity index (χ4n) is 2.58. The molecule has 2 aromatic carbocycles. The van der Waals surface area contributed by atoms with E-state index in [1.165, 1.54) is 16.0 Å². The number of guanidine groups is 1. The molecule has 0 bridgehead atoms. The lowest BCUT2D eigenvalue weighted by atomic mass is 10.1. The molecule has 0 saturated heterocycles. The van der Waals surface area contributed by atoms with Crippen molar-refractivity contribution in [1.29, 1.82) is 0 Å². The molecule has 0 saturated carbocycles. The van der Waals surface area contributed by atoms with Crippen LogP contribution in [0, 0.1) is 6.92 Å². The van der Waals surface area contributed by atoms with Crippen LogP contribution in [0.5, 0.6) is 11.5 Å². The normalized spacial score (nSPS) is 10.9. The molecule has 0 radical (unpaired) electrons. The summed E-state index contributed by atoms with van der Waals surface area (Å²) < 4.78 is 10.6. The van der Waals surface area contributed by atoms with Crippen molar-refractivity contribution in [3.63, 3.8) is 0 Å². The quantitative estimate of drug-likeness (QED) is 0.248.